The van der Waals surface area contributed by atoms with Crippen molar-refractivity contribution in [1.82, 2.24) is 0 Å². The van der Waals surface area contributed by atoms with Crippen LogP contribution in [0.4, 0.5) is 18.9 Å². The molecule has 6 heteroatoms. The maximum Gasteiger partial charge on any atom is 0.416 e. The van der Waals surface area contributed by atoms with Crippen molar-refractivity contribution in [1.29, 1.82) is 0 Å². The first-order valence-electron chi connectivity index (χ1n) is 5.94. The van der Waals surface area contributed by atoms with Gasteiger partial charge in [-0.2, -0.15) is 13.2 Å². The average Bonchev–Trinajstić information content (AvgIpc) is 2.66. The molecule has 0 aliphatic carbocycles. The Morgan fingerprint density at radius 3 is 2.45 bits per heavy atom. The van der Waals surface area contributed by atoms with Crippen LogP contribution in [0.1, 0.15) is 20.9 Å². The lowest BCUT2D eigenvalue weighted by Gasteiger charge is -2.12. The summed E-state index contributed by atoms with van der Waals surface area (Å²) in [5.41, 5.74) is 0.682. The van der Waals surface area contributed by atoms with E-state index in [0.717, 1.165) is 31.9 Å². The maximum absolute atomic E-state index is 12.7. The molecule has 0 amide bonds. The molecule has 0 atom stereocenters. The number of rotatable bonds is 3. The Morgan fingerprint density at radius 1 is 1.20 bits per heavy atom. The molecule has 1 heterocycles. The molecule has 0 fully saturated rings. The van der Waals surface area contributed by atoms with Crippen LogP contribution in [0.2, 0.25) is 0 Å². The van der Waals surface area contributed by atoms with Gasteiger partial charge in [-0.15, -0.1) is 11.3 Å². The van der Waals surface area contributed by atoms with E-state index in [0.29, 0.717) is 12.2 Å². The molecule has 0 saturated carbocycles. The number of aryl methyl sites for hydroxylation is 2. The van der Waals surface area contributed by atoms with Crippen LogP contribution in [0.5, 0.6) is 0 Å². The van der Waals surface area contributed by atoms with Crippen LogP contribution in [0.15, 0.2) is 28.7 Å². The van der Waals surface area contributed by atoms with Crippen LogP contribution in [-0.4, -0.2) is 0 Å². The van der Waals surface area contributed by atoms with Gasteiger partial charge >= 0.3 is 6.18 Å². The maximum atomic E-state index is 12.7. The Bertz CT molecular complexity index is 600. The van der Waals surface area contributed by atoms with E-state index < -0.39 is 11.7 Å². The molecule has 20 heavy (non-hydrogen) atoms. The van der Waals surface area contributed by atoms with Gasteiger partial charge < -0.3 is 5.32 Å². The minimum atomic E-state index is -4.31. The van der Waals surface area contributed by atoms with E-state index in [9.17, 15) is 13.2 Å². The third-order valence-corrected chi connectivity index (χ3v) is 5.06. The lowest BCUT2D eigenvalue weighted by Crippen LogP contribution is -2.07. The molecule has 108 valence electrons. The van der Waals surface area contributed by atoms with Crippen LogP contribution < -0.4 is 5.32 Å². The van der Waals surface area contributed by atoms with Gasteiger partial charge in [-0.1, -0.05) is 6.07 Å². The standard InChI is InChI=1S/C14H13BrF3NS/c1-8-3-4-10(14(16,17)18)5-13(8)19-7-11-6-12(15)9(2)20-11/h3-6,19H,7H2,1-2H3. The molecule has 0 spiro atoms. The molecular formula is C14H13BrF3NS. The van der Waals surface area contributed by atoms with Crippen LogP contribution in [0.3, 0.4) is 0 Å². The van der Waals surface area contributed by atoms with E-state index >= 15 is 0 Å². The summed E-state index contributed by atoms with van der Waals surface area (Å²) in [6.45, 7) is 4.30. The third-order valence-electron chi connectivity index (χ3n) is 2.93. The largest absolute Gasteiger partial charge is 0.416 e. The Morgan fingerprint density at radius 2 is 1.90 bits per heavy atom. The highest BCUT2D eigenvalue weighted by atomic mass is 79.9. The van der Waals surface area contributed by atoms with Gasteiger partial charge in [0.25, 0.3) is 0 Å². The first-order valence-corrected chi connectivity index (χ1v) is 7.55. The Hall–Kier alpha value is -1.01. The van der Waals surface area contributed by atoms with Crippen molar-refractivity contribution in [2.75, 3.05) is 5.32 Å². The fourth-order valence-electron chi connectivity index (χ4n) is 1.78. The molecule has 2 aromatic rings. The number of hydrogen-bond acceptors (Lipinski definition) is 2. The van der Waals surface area contributed by atoms with Gasteiger partial charge in [-0.25, -0.2) is 0 Å². The van der Waals surface area contributed by atoms with Crippen LogP contribution in [0.25, 0.3) is 0 Å². The van der Waals surface area contributed by atoms with E-state index in [1.165, 1.54) is 6.07 Å². The summed E-state index contributed by atoms with van der Waals surface area (Å²) in [6, 6.07) is 5.73. The second-order valence-electron chi connectivity index (χ2n) is 4.50. The van der Waals surface area contributed by atoms with Gasteiger partial charge in [0, 0.05) is 26.5 Å². The predicted octanol–water partition coefficient (Wildman–Crippen LogP) is 5.76. The Labute approximate surface area is 128 Å². The van der Waals surface area contributed by atoms with Gasteiger partial charge in [0.15, 0.2) is 0 Å². The highest BCUT2D eigenvalue weighted by molar-refractivity contribution is 9.10. The summed E-state index contributed by atoms with van der Waals surface area (Å²) in [4.78, 5) is 2.23. The molecule has 0 bridgehead atoms. The first-order chi connectivity index (χ1) is 9.27. The zero-order chi connectivity index (χ0) is 14.9. The first kappa shape index (κ1) is 15.4. The smallest absolute Gasteiger partial charge is 0.380 e. The summed E-state index contributed by atoms with van der Waals surface area (Å²) >= 11 is 5.05. The normalized spacial score (nSPS) is 11.7. The molecule has 1 nitrogen and oxygen atoms in total. The summed E-state index contributed by atoms with van der Waals surface area (Å²) in [5.74, 6) is 0. The van der Waals surface area contributed by atoms with Gasteiger partial charge in [0.05, 0.1) is 5.56 Å². The minimum absolute atomic E-state index is 0.513. The second-order valence-corrected chi connectivity index (χ2v) is 6.69. The van der Waals surface area contributed by atoms with Crippen molar-refractivity contribution in [2.45, 2.75) is 26.6 Å². The van der Waals surface area contributed by atoms with Crippen molar-refractivity contribution < 1.29 is 13.2 Å². The number of nitrogens with one attached hydrogen (secondary N) is 1. The number of alkyl halides is 3. The Balaban J connectivity index is 2.16. The number of anilines is 1. The minimum Gasteiger partial charge on any atom is -0.380 e. The van der Waals surface area contributed by atoms with Crippen molar-refractivity contribution in [3.63, 3.8) is 0 Å². The van der Waals surface area contributed by atoms with E-state index in [1.807, 2.05) is 13.0 Å². The zero-order valence-electron chi connectivity index (χ0n) is 10.9. The lowest BCUT2D eigenvalue weighted by molar-refractivity contribution is -0.137. The number of thiophene rings is 1. The van der Waals surface area contributed by atoms with E-state index in [4.69, 9.17) is 0 Å². The fourth-order valence-corrected chi connectivity index (χ4v) is 3.32. The van der Waals surface area contributed by atoms with Crippen LogP contribution in [0, 0.1) is 13.8 Å². The average molecular weight is 364 g/mol. The number of hydrogen-bond donors (Lipinski definition) is 1. The highest BCUT2D eigenvalue weighted by Crippen LogP contribution is 2.32. The molecule has 1 N–H and O–H groups in total. The van der Waals surface area contributed by atoms with Gasteiger partial charge in [0.1, 0.15) is 0 Å². The number of benzene rings is 1. The van der Waals surface area contributed by atoms with Crippen molar-refractivity contribution in [3.05, 3.63) is 49.6 Å². The molecule has 0 saturated heterocycles. The van der Waals surface area contributed by atoms with Crippen molar-refractivity contribution in [3.8, 4) is 0 Å². The third kappa shape index (κ3) is 3.55. The summed E-state index contributed by atoms with van der Waals surface area (Å²) in [7, 11) is 0. The van der Waals surface area contributed by atoms with Crippen LogP contribution >= 0.6 is 27.3 Å². The topological polar surface area (TPSA) is 12.0 Å². The molecule has 0 aliphatic heterocycles. The molecule has 0 unspecified atom stereocenters. The molecule has 1 aromatic carbocycles. The highest BCUT2D eigenvalue weighted by Gasteiger charge is 2.30. The SMILES string of the molecule is Cc1ccc(C(F)(F)F)cc1NCc1cc(Br)c(C)s1. The lowest BCUT2D eigenvalue weighted by atomic mass is 10.1. The molecule has 0 aliphatic rings. The fraction of sp³-hybridized carbons (Fsp3) is 0.286. The zero-order valence-corrected chi connectivity index (χ0v) is 13.3. The number of halogens is 4. The van der Waals surface area contributed by atoms with Crippen LogP contribution in [-0.2, 0) is 12.7 Å². The Kier molecular flexibility index (Phi) is 4.44. The summed E-state index contributed by atoms with van der Waals surface area (Å²) in [6.07, 6.45) is -4.31. The van der Waals surface area contributed by atoms with E-state index in [2.05, 4.69) is 21.2 Å². The van der Waals surface area contributed by atoms with Gasteiger partial charge in [-0.3, -0.25) is 0 Å². The molecule has 0 radical (unpaired) electrons. The predicted molar refractivity (Wildman–Crippen MR) is 80.3 cm³/mol. The van der Waals surface area contributed by atoms with Gasteiger partial charge in [0.2, 0.25) is 0 Å². The summed E-state index contributed by atoms with van der Waals surface area (Å²) < 4.78 is 39.1. The summed E-state index contributed by atoms with van der Waals surface area (Å²) in [5, 5.41) is 3.07. The van der Waals surface area contributed by atoms with Gasteiger partial charge in [-0.05, 0) is 53.5 Å². The molecular weight excluding hydrogens is 351 g/mol. The van der Waals surface area contributed by atoms with Crippen molar-refractivity contribution in [2.24, 2.45) is 0 Å². The van der Waals surface area contributed by atoms with E-state index in [-0.39, 0.29) is 0 Å². The quantitative estimate of drug-likeness (QED) is 0.730. The molecule has 2 rings (SSSR count). The second kappa shape index (κ2) is 5.77. The van der Waals surface area contributed by atoms with Crippen molar-refractivity contribution >= 4 is 33.0 Å². The molecule has 1 aromatic heterocycles. The monoisotopic (exact) mass is 363 g/mol. The van der Waals surface area contributed by atoms with E-state index in [1.54, 1.807) is 18.3 Å².